The van der Waals surface area contributed by atoms with Crippen molar-refractivity contribution >= 4 is 17.5 Å². The summed E-state index contributed by atoms with van der Waals surface area (Å²) in [5.74, 6) is 0.580. The lowest BCUT2D eigenvalue weighted by molar-refractivity contribution is 0.164. The highest BCUT2D eigenvalue weighted by molar-refractivity contribution is 6.30. The molecule has 2 rings (SSSR count). The molecule has 1 aliphatic heterocycles. The second-order valence-electron chi connectivity index (χ2n) is 2.49. The van der Waals surface area contributed by atoms with Gasteiger partial charge in [0.1, 0.15) is 0 Å². The fraction of sp³-hybridized carbons (Fsp3) is 0.429. The first-order chi connectivity index (χ1) is 5.86. The summed E-state index contributed by atoms with van der Waals surface area (Å²) >= 11 is 5.63. The molecule has 0 spiro atoms. The monoisotopic (exact) mass is 185 g/mol. The molecule has 0 atom stereocenters. The number of anilines is 1. The lowest BCUT2D eigenvalue weighted by Gasteiger charge is -2.12. The fourth-order valence-electron chi connectivity index (χ4n) is 1.04. The zero-order chi connectivity index (χ0) is 8.39. The molecule has 1 aromatic rings. The van der Waals surface area contributed by atoms with Gasteiger partial charge in [-0.3, -0.25) is 4.84 Å². The lowest BCUT2D eigenvalue weighted by Crippen LogP contribution is -2.18. The number of halogens is 1. The molecular weight excluding hydrogens is 178 g/mol. The highest BCUT2D eigenvalue weighted by atomic mass is 35.5. The van der Waals surface area contributed by atoms with E-state index >= 15 is 0 Å². The van der Waals surface area contributed by atoms with Gasteiger partial charge in [0.15, 0.2) is 0 Å². The van der Waals surface area contributed by atoms with Crippen LogP contribution in [0.4, 0.5) is 5.95 Å². The van der Waals surface area contributed by atoms with E-state index in [9.17, 15) is 0 Å². The summed E-state index contributed by atoms with van der Waals surface area (Å²) in [6.07, 6.45) is 4.14. The van der Waals surface area contributed by atoms with Gasteiger partial charge >= 0.3 is 0 Å². The zero-order valence-corrected chi connectivity index (χ0v) is 7.16. The smallest absolute Gasteiger partial charge is 0.249 e. The molecule has 1 aliphatic rings. The minimum absolute atomic E-state index is 0.540. The maximum Gasteiger partial charge on any atom is 0.249 e. The average Bonchev–Trinajstić information content (AvgIpc) is 2.58. The van der Waals surface area contributed by atoms with Crippen molar-refractivity contribution in [2.24, 2.45) is 0 Å². The van der Waals surface area contributed by atoms with E-state index in [4.69, 9.17) is 16.4 Å². The molecule has 1 saturated heterocycles. The van der Waals surface area contributed by atoms with E-state index in [1.165, 1.54) is 0 Å². The molecular formula is C7H8ClN3O. The van der Waals surface area contributed by atoms with Crippen molar-refractivity contribution < 1.29 is 4.84 Å². The van der Waals surface area contributed by atoms with E-state index in [0.717, 1.165) is 19.6 Å². The first kappa shape index (κ1) is 7.76. The number of rotatable bonds is 1. The van der Waals surface area contributed by atoms with Crippen molar-refractivity contribution in [2.45, 2.75) is 6.42 Å². The third kappa shape index (κ3) is 1.49. The zero-order valence-electron chi connectivity index (χ0n) is 6.40. The Balaban J connectivity index is 2.17. The van der Waals surface area contributed by atoms with Gasteiger partial charge in [0.25, 0.3) is 0 Å². The van der Waals surface area contributed by atoms with Crippen molar-refractivity contribution in [3.8, 4) is 0 Å². The maximum atomic E-state index is 5.63. The quantitative estimate of drug-likeness (QED) is 0.661. The number of aromatic nitrogens is 2. The van der Waals surface area contributed by atoms with Gasteiger partial charge in [-0.15, -0.1) is 0 Å². The molecule has 0 N–H and O–H groups in total. The minimum atomic E-state index is 0.540. The van der Waals surface area contributed by atoms with Gasteiger partial charge in [0.05, 0.1) is 30.6 Å². The Morgan fingerprint density at radius 1 is 1.42 bits per heavy atom. The summed E-state index contributed by atoms with van der Waals surface area (Å²) in [4.78, 5) is 13.3. The molecule has 1 aromatic heterocycles. The predicted molar refractivity (Wildman–Crippen MR) is 45.0 cm³/mol. The van der Waals surface area contributed by atoms with Crippen LogP contribution in [0.25, 0.3) is 0 Å². The van der Waals surface area contributed by atoms with Gasteiger partial charge in [-0.05, 0) is 6.42 Å². The molecule has 0 aromatic carbocycles. The highest BCUT2D eigenvalue weighted by Crippen LogP contribution is 2.14. The van der Waals surface area contributed by atoms with Crippen LogP contribution in [0.3, 0.4) is 0 Å². The van der Waals surface area contributed by atoms with Crippen LogP contribution in [-0.2, 0) is 4.84 Å². The Bertz CT molecular complexity index is 258. The third-order valence-electron chi connectivity index (χ3n) is 1.58. The van der Waals surface area contributed by atoms with Gasteiger partial charge in [-0.2, -0.15) is 0 Å². The van der Waals surface area contributed by atoms with Crippen molar-refractivity contribution in [2.75, 3.05) is 18.2 Å². The number of nitrogens with zero attached hydrogens (tertiary/aromatic N) is 3. The van der Waals surface area contributed by atoms with E-state index < -0.39 is 0 Å². The first-order valence-corrected chi connectivity index (χ1v) is 4.12. The lowest BCUT2D eigenvalue weighted by atomic mass is 10.5. The molecule has 5 heteroatoms. The summed E-state index contributed by atoms with van der Waals surface area (Å²) in [5, 5.41) is 2.22. The number of hydrogen-bond donors (Lipinski definition) is 0. The van der Waals surface area contributed by atoms with Gasteiger partial charge < -0.3 is 0 Å². The van der Waals surface area contributed by atoms with Crippen molar-refractivity contribution in [1.29, 1.82) is 0 Å². The van der Waals surface area contributed by atoms with E-state index in [1.807, 2.05) is 0 Å². The number of hydroxylamine groups is 1. The van der Waals surface area contributed by atoms with E-state index in [-0.39, 0.29) is 0 Å². The van der Waals surface area contributed by atoms with Gasteiger partial charge in [0, 0.05) is 0 Å². The Hall–Kier alpha value is -0.870. The largest absolute Gasteiger partial charge is 0.271 e. The molecule has 0 aliphatic carbocycles. The molecule has 0 unspecified atom stereocenters. The normalized spacial score (nSPS) is 16.9. The Morgan fingerprint density at radius 3 is 2.75 bits per heavy atom. The maximum absolute atomic E-state index is 5.63. The van der Waals surface area contributed by atoms with Crippen LogP contribution in [0, 0.1) is 0 Å². The molecule has 12 heavy (non-hydrogen) atoms. The molecule has 0 amide bonds. The first-order valence-electron chi connectivity index (χ1n) is 3.74. The molecule has 1 fully saturated rings. The van der Waals surface area contributed by atoms with Gasteiger partial charge in [-0.1, -0.05) is 11.6 Å². The summed E-state index contributed by atoms with van der Waals surface area (Å²) in [5.41, 5.74) is 0. The molecule has 0 radical (unpaired) electrons. The molecule has 4 nitrogen and oxygen atoms in total. The summed E-state index contributed by atoms with van der Waals surface area (Å²) in [7, 11) is 0. The second-order valence-corrected chi connectivity index (χ2v) is 2.93. The second kappa shape index (κ2) is 3.25. The van der Waals surface area contributed by atoms with Crippen LogP contribution in [-0.4, -0.2) is 23.1 Å². The minimum Gasteiger partial charge on any atom is -0.271 e. The topological polar surface area (TPSA) is 38.2 Å². The van der Waals surface area contributed by atoms with Crippen molar-refractivity contribution in [3.05, 3.63) is 17.4 Å². The van der Waals surface area contributed by atoms with Crippen LogP contribution in [0.1, 0.15) is 6.42 Å². The van der Waals surface area contributed by atoms with Crippen LogP contribution >= 0.6 is 11.6 Å². The summed E-state index contributed by atoms with van der Waals surface area (Å²) in [6.45, 7) is 1.59. The molecule has 2 heterocycles. The third-order valence-corrected chi connectivity index (χ3v) is 1.78. The van der Waals surface area contributed by atoms with Gasteiger partial charge in [0.2, 0.25) is 5.95 Å². The van der Waals surface area contributed by atoms with Crippen LogP contribution in [0.2, 0.25) is 5.02 Å². The molecule has 64 valence electrons. The molecule has 0 bridgehead atoms. The SMILES string of the molecule is Clc1cnc(N2CCCO2)nc1. The van der Waals surface area contributed by atoms with Gasteiger partial charge in [-0.25, -0.2) is 15.0 Å². The highest BCUT2D eigenvalue weighted by Gasteiger charge is 2.15. The number of hydrogen-bond acceptors (Lipinski definition) is 4. The van der Waals surface area contributed by atoms with Crippen molar-refractivity contribution in [3.63, 3.8) is 0 Å². The van der Waals surface area contributed by atoms with E-state index in [2.05, 4.69) is 9.97 Å². The fourth-order valence-corrected chi connectivity index (χ4v) is 1.14. The van der Waals surface area contributed by atoms with Crippen LogP contribution in [0.5, 0.6) is 0 Å². The summed E-state index contributed by atoms with van der Waals surface area (Å²) < 4.78 is 0. The standard InChI is InChI=1S/C7H8ClN3O/c8-6-4-9-7(10-5-6)11-2-1-3-12-11/h4-5H,1-3H2. The van der Waals surface area contributed by atoms with Crippen LogP contribution in [0.15, 0.2) is 12.4 Å². The Morgan fingerprint density at radius 2 is 2.17 bits per heavy atom. The Labute approximate surface area is 75.1 Å². The van der Waals surface area contributed by atoms with E-state index in [1.54, 1.807) is 17.5 Å². The van der Waals surface area contributed by atoms with E-state index in [0.29, 0.717) is 11.0 Å². The predicted octanol–water partition coefficient (Wildman–Crippen LogP) is 1.27. The van der Waals surface area contributed by atoms with Crippen molar-refractivity contribution in [1.82, 2.24) is 9.97 Å². The molecule has 0 saturated carbocycles. The Kier molecular flexibility index (Phi) is 2.10. The average molecular weight is 186 g/mol. The van der Waals surface area contributed by atoms with Crippen LogP contribution < -0.4 is 5.06 Å². The summed E-state index contributed by atoms with van der Waals surface area (Å²) in [6, 6.07) is 0.